The summed E-state index contributed by atoms with van der Waals surface area (Å²) in [5.74, 6) is 0.0618. The number of phosphoric ester groups is 1. The maximum atomic E-state index is 12.9. The van der Waals surface area contributed by atoms with Gasteiger partial charge in [-0.15, -0.1) is 0 Å². The molecule has 1 amide bonds. The minimum atomic E-state index is -3.63. The third kappa shape index (κ3) is 16.8. The first kappa shape index (κ1) is 32.6. The van der Waals surface area contributed by atoms with E-state index in [1.807, 2.05) is 21.1 Å². The van der Waals surface area contributed by atoms with Crippen LogP contribution < -0.4 is 5.32 Å². The molecule has 1 unspecified atom stereocenters. The van der Waals surface area contributed by atoms with Crippen molar-refractivity contribution in [2.45, 2.75) is 128 Å². The molecule has 35 heavy (non-hydrogen) atoms. The summed E-state index contributed by atoms with van der Waals surface area (Å²) < 4.78 is 30.0. The Kier molecular flexibility index (Phi) is 17.4. The van der Waals surface area contributed by atoms with E-state index < -0.39 is 7.82 Å². The summed E-state index contributed by atoms with van der Waals surface area (Å²) in [5.41, 5.74) is 0. The molecule has 1 aliphatic rings. The minimum absolute atomic E-state index is 0.0618. The number of nitrogens with zero attached hydrogens (tertiary/aromatic N) is 1. The van der Waals surface area contributed by atoms with Crippen molar-refractivity contribution in [1.29, 1.82) is 0 Å². The van der Waals surface area contributed by atoms with E-state index in [0.717, 1.165) is 32.1 Å². The van der Waals surface area contributed by atoms with Crippen LogP contribution in [0.2, 0.25) is 0 Å². The Morgan fingerprint density at radius 3 is 1.94 bits per heavy atom. The zero-order chi connectivity index (χ0) is 26.0. The van der Waals surface area contributed by atoms with Gasteiger partial charge in [0.15, 0.2) is 0 Å². The number of nitrogens with one attached hydrogen (secondary N) is 1. The van der Waals surface area contributed by atoms with Gasteiger partial charge in [-0.1, -0.05) is 84.0 Å². The molecule has 0 saturated heterocycles. The van der Waals surface area contributed by atoms with E-state index in [1.165, 1.54) is 77.7 Å². The number of hydrogen-bond donors (Lipinski definition) is 1. The maximum Gasteiger partial charge on any atom is 0.475 e. The number of quaternary nitrogens is 1. The molecule has 1 fully saturated rings. The van der Waals surface area contributed by atoms with E-state index in [2.05, 4.69) is 12.2 Å². The molecule has 1 N–H and O–H groups in total. The summed E-state index contributed by atoms with van der Waals surface area (Å²) in [5, 5.41) is 3.10. The molecule has 208 valence electrons. The van der Waals surface area contributed by atoms with Gasteiger partial charge in [0.25, 0.3) is 0 Å². The van der Waals surface area contributed by atoms with Gasteiger partial charge in [0.1, 0.15) is 13.2 Å². The van der Waals surface area contributed by atoms with Gasteiger partial charge in [-0.25, -0.2) is 4.57 Å². The van der Waals surface area contributed by atoms with Crippen molar-refractivity contribution in [1.82, 2.24) is 5.32 Å². The van der Waals surface area contributed by atoms with Crippen molar-refractivity contribution in [3.63, 3.8) is 0 Å². The van der Waals surface area contributed by atoms with Crippen molar-refractivity contribution >= 4 is 13.7 Å². The Morgan fingerprint density at radius 1 is 0.886 bits per heavy atom. The zero-order valence-corrected chi connectivity index (χ0v) is 24.4. The molecule has 3 atom stereocenters. The van der Waals surface area contributed by atoms with Crippen molar-refractivity contribution in [3.8, 4) is 0 Å². The molecule has 0 aromatic heterocycles. The van der Waals surface area contributed by atoms with Gasteiger partial charge in [0, 0.05) is 13.5 Å². The molecule has 0 bridgehead atoms. The number of rotatable bonds is 22. The van der Waals surface area contributed by atoms with E-state index in [0.29, 0.717) is 17.4 Å². The number of phosphoric acid groups is 1. The van der Waals surface area contributed by atoms with Crippen LogP contribution in [-0.4, -0.2) is 63.9 Å². The summed E-state index contributed by atoms with van der Waals surface area (Å²) in [6, 6.07) is -0.130. The molecule has 1 aliphatic carbocycles. The first-order chi connectivity index (χ1) is 16.7. The fourth-order valence-corrected chi connectivity index (χ4v) is 5.66. The third-order valence-electron chi connectivity index (χ3n) is 6.81. The first-order valence-electron chi connectivity index (χ1n) is 14.3. The fourth-order valence-electron chi connectivity index (χ4n) is 4.52. The van der Waals surface area contributed by atoms with Crippen molar-refractivity contribution in [2.24, 2.45) is 0 Å². The van der Waals surface area contributed by atoms with Crippen LogP contribution >= 0.6 is 7.82 Å². The normalized spacial score (nSPS) is 20.1. The van der Waals surface area contributed by atoms with Crippen LogP contribution in [-0.2, 0) is 22.9 Å². The lowest BCUT2D eigenvalue weighted by atomic mass is 10.0. The van der Waals surface area contributed by atoms with Gasteiger partial charge in [-0.2, -0.15) is 0 Å². The average molecular weight is 520 g/mol. The summed E-state index contributed by atoms with van der Waals surface area (Å²) in [6.07, 6.45) is 19.6. The van der Waals surface area contributed by atoms with Crippen LogP contribution in [0.4, 0.5) is 0 Å². The monoisotopic (exact) mass is 519 g/mol. The Hall–Kier alpha value is -0.460. The lowest BCUT2D eigenvalue weighted by Crippen LogP contribution is -2.41. The maximum absolute atomic E-state index is 12.9. The molecular weight excluding hydrogens is 463 g/mol. The smallest absolute Gasteiger partial charge is 0.351 e. The Bertz CT molecular complexity index is 597. The molecule has 0 spiro atoms. The van der Waals surface area contributed by atoms with E-state index in [4.69, 9.17) is 13.6 Å². The van der Waals surface area contributed by atoms with Crippen molar-refractivity contribution in [2.75, 3.05) is 41.4 Å². The van der Waals surface area contributed by atoms with Crippen molar-refractivity contribution < 1.29 is 27.4 Å². The summed E-state index contributed by atoms with van der Waals surface area (Å²) in [6.45, 7) is 3.25. The molecule has 1 rings (SSSR count). The van der Waals surface area contributed by atoms with E-state index in [1.54, 1.807) is 0 Å². The molecule has 0 aromatic carbocycles. The third-order valence-corrected chi connectivity index (χ3v) is 8.28. The molecule has 1 saturated carbocycles. The first-order valence-corrected chi connectivity index (χ1v) is 15.7. The molecule has 0 radical (unpaired) electrons. The fraction of sp³-hybridized carbons (Fsp3) is 0.963. The summed E-state index contributed by atoms with van der Waals surface area (Å²) in [4.78, 5) is 12.5. The average Bonchev–Trinajstić information content (AvgIpc) is 3.21. The largest absolute Gasteiger partial charge is 0.475 e. The second-order valence-electron chi connectivity index (χ2n) is 11.2. The van der Waals surface area contributed by atoms with E-state index in [9.17, 15) is 9.36 Å². The van der Waals surface area contributed by atoms with Gasteiger partial charge >= 0.3 is 7.82 Å². The molecule has 0 aromatic rings. The van der Waals surface area contributed by atoms with Crippen LogP contribution in [0.15, 0.2) is 0 Å². The quantitative estimate of drug-likeness (QED) is 0.0947. The second-order valence-corrected chi connectivity index (χ2v) is 12.9. The number of carbonyl (C=O) groups is 1. The topological polar surface area (TPSA) is 73.9 Å². The van der Waals surface area contributed by atoms with Gasteiger partial charge in [-0.3, -0.25) is 18.4 Å². The number of carbonyl (C=O) groups excluding carboxylic acids is 1. The molecule has 0 aliphatic heterocycles. The summed E-state index contributed by atoms with van der Waals surface area (Å²) in [7, 11) is 3.85. The summed E-state index contributed by atoms with van der Waals surface area (Å²) >= 11 is 0. The SMILES string of the molecule is CCCCCCCCCCCCCCCC(=O)N[C@H]1CCC[C@H]1OP(=O)(OC)OCC[N+](C)(C)C. The lowest BCUT2D eigenvalue weighted by Gasteiger charge is -2.27. The van der Waals surface area contributed by atoms with Crippen LogP contribution in [0.1, 0.15) is 116 Å². The minimum Gasteiger partial charge on any atom is -0.351 e. The lowest BCUT2D eigenvalue weighted by molar-refractivity contribution is -0.870. The standard InChI is InChI=1S/C27H55N2O5P/c1-6-7-8-9-10-11-12-13-14-15-16-17-18-22-27(30)28-25-20-19-21-26(25)34-35(31,32-5)33-24-23-29(2,3)4/h25-26H,6-24H2,1-5H3/p+1/t25-,26+,35?/m0/s1. The molecule has 7 nitrogen and oxygen atoms in total. The van der Waals surface area contributed by atoms with Gasteiger partial charge in [0.05, 0.1) is 33.3 Å². The highest BCUT2D eigenvalue weighted by Crippen LogP contribution is 2.51. The van der Waals surface area contributed by atoms with E-state index in [-0.39, 0.29) is 24.7 Å². The van der Waals surface area contributed by atoms with Crippen LogP contribution in [0, 0.1) is 0 Å². The van der Waals surface area contributed by atoms with E-state index >= 15 is 0 Å². The Morgan fingerprint density at radius 2 is 1.43 bits per heavy atom. The van der Waals surface area contributed by atoms with Crippen LogP contribution in [0.25, 0.3) is 0 Å². The highest BCUT2D eigenvalue weighted by molar-refractivity contribution is 7.48. The Balaban J connectivity index is 2.14. The van der Waals surface area contributed by atoms with Gasteiger partial charge in [0.2, 0.25) is 5.91 Å². The van der Waals surface area contributed by atoms with Gasteiger partial charge in [-0.05, 0) is 25.7 Å². The number of unbranched alkanes of at least 4 members (excludes halogenated alkanes) is 12. The number of hydrogen-bond acceptors (Lipinski definition) is 5. The van der Waals surface area contributed by atoms with Crippen molar-refractivity contribution in [3.05, 3.63) is 0 Å². The molecular formula is C27H56N2O5P+. The van der Waals surface area contributed by atoms with Crippen LogP contribution in [0.5, 0.6) is 0 Å². The second kappa shape index (κ2) is 18.7. The molecule has 8 heteroatoms. The number of amides is 1. The number of likely N-dealkylation sites (N-methyl/N-ethyl adjacent to an activating group) is 1. The Labute approximate surface area is 216 Å². The highest BCUT2D eigenvalue weighted by Gasteiger charge is 2.37. The highest BCUT2D eigenvalue weighted by atomic mass is 31.2. The predicted octanol–water partition coefficient (Wildman–Crippen LogP) is 7.00. The zero-order valence-electron chi connectivity index (χ0n) is 23.5. The van der Waals surface area contributed by atoms with Crippen LogP contribution in [0.3, 0.4) is 0 Å². The van der Waals surface area contributed by atoms with Gasteiger partial charge < -0.3 is 9.80 Å². The molecule has 0 heterocycles. The predicted molar refractivity (Wildman–Crippen MR) is 144 cm³/mol.